The number of ether oxygens (including phenoxy) is 1. The average molecular weight is 610 g/mol. The monoisotopic (exact) mass is 609 g/mol. The number of halogens is 2. The van der Waals surface area contributed by atoms with Crippen LogP contribution in [0.5, 0.6) is 5.88 Å². The van der Waals surface area contributed by atoms with Gasteiger partial charge in [0, 0.05) is 30.3 Å². The Bertz CT molecular complexity index is 1990. The van der Waals surface area contributed by atoms with Crippen molar-refractivity contribution in [1.82, 2.24) is 24.8 Å². The summed E-state index contributed by atoms with van der Waals surface area (Å²) in [4.78, 5) is 40.5. The fraction of sp³-hybridized carbons (Fsp3) is 0.265. The summed E-state index contributed by atoms with van der Waals surface area (Å²) < 4.78 is 35.7. The van der Waals surface area contributed by atoms with E-state index in [1.165, 1.54) is 24.0 Å². The number of pyridine rings is 1. The number of aromatic nitrogens is 4. The van der Waals surface area contributed by atoms with Crippen LogP contribution >= 0.6 is 0 Å². The van der Waals surface area contributed by atoms with Gasteiger partial charge in [-0.05, 0) is 55.4 Å². The third-order valence-corrected chi connectivity index (χ3v) is 8.58. The molecule has 2 aromatic carbocycles. The number of hydrogen-bond acceptors (Lipinski definition) is 7. The van der Waals surface area contributed by atoms with Gasteiger partial charge in [0.25, 0.3) is 5.91 Å². The maximum atomic E-state index is 14.8. The van der Waals surface area contributed by atoms with E-state index < -0.39 is 17.6 Å². The number of benzene rings is 2. The minimum absolute atomic E-state index is 0.0123. The number of aromatic hydroxyl groups is 1. The Morgan fingerprint density at radius 3 is 2.73 bits per heavy atom. The quantitative estimate of drug-likeness (QED) is 0.230. The Morgan fingerprint density at radius 2 is 1.96 bits per heavy atom. The van der Waals surface area contributed by atoms with E-state index in [4.69, 9.17) is 9.72 Å². The Hall–Kier alpha value is -5.19. The lowest BCUT2D eigenvalue weighted by molar-refractivity contribution is 0.0525. The van der Waals surface area contributed by atoms with Crippen molar-refractivity contribution in [2.45, 2.75) is 51.6 Å². The largest absolute Gasteiger partial charge is 0.494 e. The lowest BCUT2D eigenvalue weighted by Gasteiger charge is -2.16. The first kappa shape index (κ1) is 28.6. The molecule has 0 fully saturated rings. The highest BCUT2D eigenvalue weighted by Gasteiger charge is 2.32. The van der Waals surface area contributed by atoms with Gasteiger partial charge in [-0.2, -0.15) is 0 Å². The number of aryl methyl sites for hydroxylation is 2. The van der Waals surface area contributed by atoms with Crippen LogP contribution in [-0.2, 0) is 30.5 Å². The lowest BCUT2D eigenvalue weighted by atomic mass is 9.95. The molecule has 1 atom stereocenters. The molecule has 0 saturated heterocycles. The highest BCUT2D eigenvalue weighted by atomic mass is 19.1. The number of fused-ring (bicyclic) bond motifs is 4. The van der Waals surface area contributed by atoms with E-state index in [0.29, 0.717) is 23.9 Å². The number of hydrogen-bond donors (Lipinski definition) is 2. The second kappa shape index (κ2) is 11.4. The van der Waals surface area contributed by atoms with Crippen molar-refractivity contribution in [3.8, 4) is 17.1 Å². The van der Waals surface area contributed by atoms with E-state index in [2.05, 4.69) is 21.4 Å². The summed E-state index contributed by atoms with van der Waals surface area (Å²) in [6.45, 7) is 2.26. The van der Waals surface area contributed by atoms with Crippen LogP contribution in [0.1, 0.15) is 74.7 Å². The van der Waals surface area contributed by atoms with Gasteiger partial charge in [-0.1, -0.05) is 30.3 Å². The van der Waals surface area contributed by atoms with Gasteiger partial charge < -0.3 is 19.7 Å². The fourth-order valence-corrected chi connectivity index (χ4v) is 6.52. The van der Waals surface area contributed by atoms with Crippen molar-refractivity contribution < 1.29 is 28.2 Å². The molecule has 45 heavy (non-hydrogen) atoms. The predicted octanol–water partition coefficient (Wildman–Crippen LogP) is 5.61. The molecule has 9 nitrogen and oxygen atoms in total. The molecular formula is C34H29F2N5O4. The molecule has 5 aromatic rings. The fourth-order valence-electron chi connectivity index (χ4n) is 6.52. The van der Waals surface area contributed by atoms with Crippen molar-refractivity contribution >= 4 is 22.8 Å². The second-order valence-electron chi connectivity index (χ2n) is 11.2. The van der Waals surface area contributed by atoms with E-state index in [0.717, 1.165) is 42.7 Å². The summed E-state index contributed by atoms with van der Waals surface area (Å²) in [7, 11) is 0. The maximum absolute atomic E-state index is 14.8. The van der Waals surface area contributed by atoms with Crippen molar-refractivity contribution in [2.75, 3.05) is 6.61 Å². The van der Waals surface area contributed by atoms with E-state index >= 15 is 0 Å². The van der Waals surface area contributed by atoms with Crippen molar-refractivity contribution in [2.24, 2.45) is 0 Å². The zero-order valence-electron chi connectivity index (χ0n) is 24.4. The molecule has 4 heterocycles. The zero-order chi connectivity index (χ0) is 31.2. The molecule has 1 aliphatic carbocycles. The number of amides is 1. The van der Waals surface area contributed by atoms with Gasteiger partial charge in [0.05, 0.1) is 52.9 Å². The van der Waals surface area contributed by atoms with Crippen molar-refractivity contribution in [1.29, 1.82) is 0 Å². The van der Waals surface area contributed by atoms with E-state index in [1.54, 1.807) is 11.5 Å². The number of carbonyl (C=O) groups excluding carboxylic acids is 2. The molecule has 2 N–H and O–H groups in total. The molecule has 0 radical (unpaired) electrons. The maximum Gasteiger partial charge on any atom is 0.340 e. The van der Waals surface area contributed by atoms with Crippen LogP contribution in [0.25, 0.3) is 22.2 Å². The molecule has 0 spiro atoms. The van der Waals surface area contributed by atoms with Crippen LogP contribution in [0, 0.1) is 11.6 Å². The number of esters is 1. The van der Waals surface area contributed by atoms with Gasteiger partial charge in [-0.15, -0.1) is 0 Å². The van der Waals surface area contributed by atoms with Crippen LogP contribution in [0.3, 0.4) is 0 Å². The van der Waals surface area contributed by atoms with Crippen LogP contribution in [0.4, 0.5) is 8.78 Å². The first-order valence-electron chi connectivity index (χ1n) is 14.9. The summed E-state index contributed by atoms with van der Waals surface area (Å²) in [5, 5.41) is 14.7. The predicted molar refractivity (Wildman–Crippen MR) is 161 cm³/mol. The molecular weight excluding hydrogens is 580 g/mol. The third-order valence-electron chi connectivity index (χ3n) is 8.58. The minimum Gasteiger partial charge on any atom is -0.494 e. The van der Waals surface area contributed by atoms with E-state index in [-0.39, 0.29) is 64.6 Å². The highest BCUT2D eigenvalue weighted by Crippen LogP contribution is 2.43. The molecule has 1 amide bonds. The molecule has 3 aromatic heterocycles. The molecule has 7 rings (SSSR count). The number of nitrogens with zero attached hydrogens (tertiary/aromatic N) is 4. The number of carbonyl (C=O) groups is 2. The molecule has 11 heteroatoms. The van der Waals surface area contributed by atoms with Crippen LogP contribution in [-0.4, -0.2) is 43.1 Å². The van der Waals surface area contributed by atoms with Gasteiger partial charge in [0.2, 0.25) is 5.88 Å². The standard InChI is InChI=1S/C34H29F2N5O4/c1-2-45-34(44)29-24(14-19-9-11-20(35)15-22(19)36)39-31-27-8-5-13-41(27)33(43)30(31)28(29)25-16-38-26(17-37-25)32(42)40-23-12-10-18-6-3-4-7-21(18)23/h3-4,6-7,9,11,15-17,23,43H,2,5,8,10,12-14H2,1H3,(H,40,42)/t23-/m1/s1. The zero-order valence-corrected chi connectivity index (χ0v) is 24.4. The Balaban J connectivity index is 1.34. The summed E-state index contributed by atoms with van der Waals surface area (Å²) >= 11 is 0. The Morgan fingerprint density at radius 1 is 1.11 bits per heavy atom. The topological polar surface area (TPSA) is 119 Å². The van der Waals surface area contributed by atoms with Crippen LogP contribution in [0.15, 0.2) is 54.9 Å². The minimum atomic E-state index is -0.779. The number of rotatable bonds is 7. The van der Waals surface area contributed by atoms with Gasteiger partial charge in [-0.3, -0.25) is 9.78 Å². The normalized spacial score (nSPS) is 15.2. The van der Waals surface area contributed by atoms with Gasteiger partial charge in [0.1, 0.15) is 17.3 Å². The average Bonchev–Trinajstić information content (AvgIpc) is 3.75. The van der Waals surface area contributed by atoms with E-state index in [9.17, 15) is 23.5 Å². The lowest BCUT2D eigenvalue weighted by Crippen LogP contribution is -2.28. The van der Waals surface area contributed by atoms with Crippen LogP contribution in [0.2, 0.25) is 0 Å². The van der Waals surface area contributed by atoms with Gasteiger partial charge in [-0.25, -0.2) is 23.5 Å². The van der Waals surface area contributed by atoms with E-state index in [1.807, 2.05) is 18.2 Å². The number of nitrogens with one attached hydrogen (secondary N) is 1. The first-order valence-corrected chi connectivity index (χ1v) is 14.9. The third kappa shape index (κ3) is 4.98. The molecule has 0 unspecified atom stereocenters. The molecule has 0 saturated carbocycles. The molecule has 2 aliphatic rings. The van der Waals surface area contributed by atoms with Crippen molar-refractivity contribution in [3.63, 3.8) is 0 Å². The molecule has 0 bridgehead atoms. The highest BCUT2D eigenvalue weighted by molar-refractivity contribution is 6.10. The summed E-state index contributed by atoms with van der Waals surface area (Å²) in [6.07, 6.45) is 5.64. The van der Waals surface area contributed by atoms with Gasteiger partial charge >= 0.3 is 5.97 Å². The van der Waals surface area contributed by atoms with Crippen molar-refractivity contribution in [3.05, 3.63) is 106 Å². The Kier molecular flexibility index (Phi) is 7.23. The smallest absolute Gasteiger partial charge is 0.340 e. The summed E-state index contributed by atoms with van der Waals surface area (Å²) in [6, 6.07) is 11.1. The summed E-state index contributed by atoms with van der Waals surface area (Å²) in [5.74, 6) is -2.71. The van der Waals surface area contributed by atoms with Gasteiger partial charge in [0.15, 0.2) is 0 Å². The Labute approximate surface area is 256 Å². The molecule has 1 aliphatic heterocycles. The molecule has 228 valence electrons. The summed E-state index contributed by atoms with van der Waals surface area (Å²) in [5.41, 5.74) is 4.33. The SMILES string of the molecule is CCOC(=O)c1c(Cc2ccc(F)cc2F)nc2c3n(c(O)c2c1-c1cnc(C(=O)N[C@@H]2CCc4ccccc42)cn1)CCC3. The first-order chi connectivity index (χ1) is 21.8. The van der Waals surface area contributed by atoms with Crippen LogP contribution < -0.4 is 5.32 Å². The second-order valence-corrected chi connectivity index (χ2v) is 11.2.